The van der Waals surface area contributed by atoms with E-state index in [1.807, 2.05) is 19.1 Å². The number of nitriles is 1. The van der Waals surface area contributed by atoms with Crippen molar-refractivity contribution in [1.29, 1.82) is 5.26 Å². The van der Waals surface area contributed by atoms with E-state index in [9.17, 15) is 0 Å². The van der Waals surface area contributed by atoms with Crippen molar-refractivity contribution in [2.75, 3.05) is 5.75 Å². The Kier molecular flexibility index (Phi) is 4.11. The molecule has 0 saturated carbocycles. The SMILES string of the molecule is Cc1cccc(C#N)c1C#CCCS. The lowest BCUT2D eigenvalue weighted by atomic mass is 10.0. The summed E-state index contributed by atoms with van der Waals surface area (Å²) in [6.07, 6.45) is 0.752. The van der Waals surface area contributed by atoms with Crippen molar-refractivity contribution >= 4 is 12.6 Å². The molecule has 0 saturated heterocycles. The minimum Gasteiger partial charge on any atom is -0.192 e. The number of hydrogen-bond donors (Lipinski definition) is 1. The molecule has 0 aliphatic carbocycles. The van der Waals surface area contributed by atoms with Crippen LogP contribution in [0.4, 0.5) is 0 Å². The Hall–Kier alpha value is -1.38. The van der Waals surface area contributed by atoms with Gasteiger partial charge in [0.05, 0.1) is 5.56 Å². The summed E-state index contributed by atoms with van der Waals surface area (Å²) >= 11 is 4.07. The van der Waals surface area contributed by atoms with Crippen LogP contribution in [0.1, 0.15) is 23.1 Å². The Balaban J connectivity index is 3.08. The first-order valence-corrected chi connectivity index (χ1v) is 5.02. The fourth-order valence-electron chi connectivity index (χ4n) is 1.13. The maximum absolute atomic E-state index is 8.87. The maximum Gasteiger partial charge on any atom is 0.100 e. The summed E-state index contributed by atoms with van der Waals surface area (Å²) in [7, 11) is 0. The van der Waals surface area contributed by atoms with Gasteiger partial charge in [0.1, 0.15) is 6.07 Å². The van der Waals surface area contributed by atoms with Gasteiger partial charge in [-0.05, 0) is 18.6 Å². The summed E-state index contributed by atoms with van der Waals surface area (Å²) < 4.78 is 0. The highest BCUT2D eigenvalue weighted by atomic mass is 32.1. The monoisotopic (exact) mass is 201 g/mol. The van der Waals surface area contributed by atoms with Crippen LogP contribution >= 0.6 is 12.6 Å². The van der Waals surface area contributed by atoms with Gasteiger partial charge in [0.25, 0.3) is 0 Å². The van der Waals surface area contributed by atoms with Gasteiger partial charge in [-0.3, -0.25) is 0 Å². The Morgan fingerprint density at radius 3 is 2.86 bits per heavy atom. The number of hydrogen-bond acceptors (Lipinski definition) is 2. The third-order valence-corrected chi connectivity index (χ3v) is 2.07. The van der Waals surface area contributed by atoms with E-state index < -0.39 is 0 Å². The van der Waals surface area contributed by atoms with Gasteiger partial charge in [0.2, 0.25) is 0 Å². The van der Waals surface area contributed by atoms with Crippen LogP contribution in [0.3, 0.4) is 0 Å². The Morgan fingerprint density at radius 1 is 1.43 bits per heavy atom. The number of rotatable bonds is 1. The van der Waals surface area contributed by atoms with Crippen molar-refractivity contribution in [3.05, 3.63) is 34.9 Å². The summed E-state index contributed by atoms with van der Waals surface area (Å²) in [6, 6.07) is 7.77. The molecule has 0 aliphatic rings. The second-order valence-electron chi connectivity index (χ2n) is 2.88. The largest absolute Gasteiger partial charge is 0.192 e. The Bertz CT molecular complexity index is 418. The molecule has 0 N–H and O–H groups in total. The molecular formula is C12H11NS. The molecule has 0 fully saturated rings. The number of benzene rings is 1. The van der Waals surface area contributed by atoms with E-state index in [4.69, 9.17) is 5.26 Å². The highest BCUT2D eigenvalue weighted by molar-refractivity contribution is 7.80. The van der Waals surface area contributed by atoms with Crippen molar-refractivity contribution in [3.63, 3.8) is 0 Å². The lowest BCUT2D eigenvalue weighted by molar-refractivity contribution is 1.30. The van der Waals surface area contributed by atoms with Gasteiger partial charge in [0.15, 0.2) is 0 Å². The number of thiol groups is 1. The molecule has 0 amide bonds. The van der Waals surface area contributed by atoms with Crippen molar-refractivity contribution in [2.45, 2.75) is 13.3 Å². The van der Waals surface area contributed by atoms with Gasteiger partial charge in [-0.15, -0.1) is 0 Å². The highest BCUT2D eigenvalue weighted by Crippen LogP contribution is 2.11. The zero-order valence-corrected chi connectivity index (χ0v) is 8.94. The van der Waals surface area contributed by atoms with E-state index in [0.29, 0.717) is 5.56 Å². The van der Waals surface area contributed by atoms with E-state index in [1.54, 1.807) is 6.07 Å². The Labute approximate surface area is 90.2 Å². The standard InChI is InChI=1S/C12H11NS/c1-10-5-4-6-11(9-13)12(10)7-2-3-8-14/h4-6,14H,3,8H2,1H3. The summed E-state index contributed by atoms with van der Waals surface area (Å²) in [5.41, 5.74) is 2.55. The van der Waals surface area contributed by atoms with E-state index >= 15 is 0 Å². The Morgan fingerprint density at radius 2 is 2.21 bits per heavy atom. The van der Waals surface area contributed by atoms with E-state index in [1.165, 1.54) is 0 Å². The molecule has 0 bridgehead atoms. The van der Waals surface area contributed by atoms with Gasteiger partial charge in [-0.1, -0.05) is 24.0 Å². The quantitative estimate of drug-likeness (QED) is 0.548. The van der Waals surface area contributed by atoms with Crippen molar-refractivity contribution in [3.8, 4) is 17.9 Å². The fourth-order valence-corrected chi connectivity index (χ4v) is 1.25. The molecule has 0 spiro atoms. The zero-order chi connectivity index (χ0) is 10.4. The average Bonchev–Trinajstić information content (AvgIpc) is 2.20. The van der Waals surface area contributed by atoms with Gasteiger partial charge in [0, 0.05) is 17.7 Å². The molecule has 2 heteroatoms. The van der Waals surface area contributed by atoms with E-state index in [-0.39, 0.29) is 0 Å². The molecule has 0 heterocycles. The molecule has 0 atom stereocenters. The number of aryl methyl sites for hydroxylation is 1. The second-order valence-corrected chi connectivity index (χ2v) is 3.33. The van der Waals surface area contributed by atoms with Crippen LogP contribution in [0, 0.1) is 30.1 Å². The highest BCUT2D eigenvalue weighted by Gasteiger charge is 2.00. The van der Waals surface area contributed by atoms with Crippen LogP contribution in [0.5, 0.6) is 0 Å². The zero-order valence-electron chi connectivity index (χ0n) is 8.04. The van der Waals surface area contributed by atoms with E-state index in [0.717, 1.165) is 23.3 Å². The summed E-state index contributed by atoms with van der Waals surface area (Å²) in [6.45, 7) is 1.96. The summed E-state index contributed by atoms with van der Waals surface area (Å²) in [5, 5.41) is 8.87. The fraction of sp³-hybridized carbons (Fsp3) is 0.250. The minimum absolute atomic E-state index is 0.650. The molecule has 1 aromatic carbocycles. The van der Waals surface area contributed by atoms with E-state index in [2.05, 4.69) is 30.5 Å². The first-order valence-electron chi connectivity index (χ1n) is 4.39. The van der Waals surface area contributed by atoms with Crippen molar-refractivity contribution in [1.82, 2.24) is 0 Å². The van der Waals surface area contributed by atoms with Crippen molar-refractivity contribution < 1.29 is 0 Å². The predicted molar refractivity (Wildman–Crippen MR) is 61.2 cm³/mol. The molecule has 1 nitrogen and oxygen atoms in total. The van der Waals surface area contributed by atoms with Crippen LogP contribution < -0.4 is 0 Å². The van der Waals surface area contributed by atoms with Crippen LogP contribution in [0.15, 0.2) is 18.2 Å². The van der Waals surface area contributed by atoms with Crippen LogP contribution in [0.2, 0.25) is 0 Å². The first-order chi connectivity index (χ1) is 6.79. The van der Waals surface area contributed by atoms with Gasteiger partial charge in [-0.2, -0.15) is 17.9 Å². The topological polar surface area (TPSA) is 23.8 Å². The normalized spacial score (nSPS) is 8.64. The third kappa shape index (κ3) is 2.55. The maximum atomic E-state index is 8.87. The average molecular weight is 201 g/mol. The van der Waals surface area contributed by atoms with Crippen LogP contribution in [0.25, 0.3) is 0 Å². The predicted octanol–water partition coefficient (Wildman–Crippen LogP) is 2.54. The minimum atomic E-state index is 0.650. The lowest BCUT2D eigenvalue weighted by Gasteiger charge is -1.98. The molecule has 1 aromatic rings. The molecule has 0 aliphatic heterocycles. The smallest absolute Gasteiger partial charge is 0.100 e. The summed E-state index contributed by atoms with van der Waals surface area (Å²) in [4.78, 5) is 0. The van der Waals surface area contributed by atoms with Gasteiger partial charge in [-0.25, -0.2) is 0 Å². The van der Waals surface area contributed by atoms with Crippen molar-refractivity contribution in [2.24, 2.45) is 0 Å². The van der Waals surface area contributed by atoms with Gasteiger partial charge >= 0.3 is 0 Å². The second kappa shape index (κ2) is 5.37. The van der Waals surface area contributed by atoms with Crippen LogP contribution in [-0.4, -0.2) is 5.75 Å². The molecule has 70 valence electrons. The van der Waals surface area contributed by atoms with Crippen LogP contribution in [-0.2, 0) is 0 Å². The summed E-state index contributed by atoms with van der Waals surface area (Å²) in [5.74, 6) is 6.75. The molecule has 0 unspecified atom stereocenters. The lowest BCUT2D eigenvalue weighted by Crippen LogP contribution is -1.87. The molecule has 1 rings (SSSR count). The molecule has 14 heavy (non-hydrogen) atoms. The molecular weight excluding hydrogens is 190 g/mol. The first kappa shape index (κ1) is 10.7. The third-order valence-electron chi connectivity index (χ3n) is 1.84. The molecule has 0 aromatic heterocycles. The molecule has 0 radical (unpaired) electrons. The number of nitrogens with zero attached hydrogens (tertiary/aromatic N) is 1. The van der Waals surface area contributed by atoms with Gasteiger partial charge < -0.3 is 0 Å².